The normalized spacial score (nSPS) is 10.6. The number of rotatable bonds is 3. The lowest BCUT2D eigenvalue weighted by Crippen LogP contribution is -2.31. The lowest BCUT2D eigenvalue weighted by atomic mass is 10.3. The van der Waals surface area contributed by atoms with E-state index in [1.165, 1.54) is 19.4 Å². The molecule has 1 heterocycles. The van der Waals surface area contributed by atoms with Crippen LogP contribution in [0.3, 0.4) is 0 Å². The quantitative estimate of drug-likeness (QED) is 0.843. The van der Waals surface area contributed by atoms with Crippen LogP contribution in [0.4, 0.5) is 8.78 Å². The van der Waals surface area contributed by atoms with E-state index in [1.807, 2.05) is 0 Å². The van der Waals surface area contributed by atoms with Gasteiger partial charge in [0.05, 0.1) is 18.4 Å². The third kappa shape index (κ3) is 2.54. The second kappa shape index (κ2) is 4.54. The highest BCUT2D eigenvalue weighted by Gasteiger charge is 2.19. The van der Waals surface area contributed by atoms with E-state index in [0.717, 1.165) is 4.90 Å². The molecule has 0 radical (unpaired) electrons. The van der Waals surface area contributed by atoms with Gasteiger partial charge in [0.15, 0.2) is 4.67 Å². The summed E-state index contributed by atoms with van der Waals surface area (Å²) in [5.41, 5.74) is 0.244. The second-order valence-corrected chi connectivity index (χ2v) is 3.40. The van der Waals surface area contributed by atoms with E-state index >= 15 is 0 Å². The predicted octanol–water partition coefficient (Wildman–Crippen LogP) is 2.38. The van der Waals surface area contributed by atoms with E-state index in [-0.39, 0.29) is 10.2 Å². The molecular formula is C8H8BrF2NO2. The van der Waals surface area contributed by atoms with Gasteiger partial charge in [-0.25, -0.2) is 8.78 Å². The molecule has 0 saturated carbocycles. The van der Waals surface area contributed by atoms with Crippen LogP contribution in [0.15, 0.2) is 21.4 Å². The lowest BCUT2D eigenvalue weighted by molar-refractivity contribution is 0.0618. The summed E-state index contributed by atoms with van der Waals surface area (Å²) in [6, 6.07) is 1.42. The van der Waals surface area contributed by atoms with Crippen molar-refractivity contribution in [3.05, 3.63) is 22.6 Å². The minimum atomic E-state index is -2.53. The number of alkyl halides is 2. The largest absolute Gasteiger partial charge is 0.457 e. The molecule has 0 atom stereocenters. The molecule has 3 nitrogen and oxygen atoms in total. The number of nitrogens with zero attached hydrogens (tertiary/aromatic N) is 1. The van der Waals surface area contributed by atoms with Crippen molar-refractivity contribution in [2.45, 2.75) is 6.43 Å². The Morgan fingerprint density at radius 1 is 1.71 bits per heavy atom. The van der Waals surface area contributed by atoms with E-state index in [2.05, 4.69) is 15.9 Å². The van der Waals surface area contributed by atoms with E-state index in [4.69, 9.17) is 4.42 Å². The zero-order valence-corrected chi connectivity index (χ0v) is 8.92. The maximum atomic E-state index is 12.0. The number of carbonyl (C=O) groups is 1. The third-order valence-electron chi connectivity index (χ3n) is 1.61. The summed E-state index contributed by atoms with van der Waals surface area (Å²) in [6.45, 7) is -0.587. The molecule has 78 valence electrons. The van der Waals surface area contributed by atoms with Gasteiger partial charge in [-0.1, -0.05) is 0 Å². The molecule has 0 aliphatic heterocycles. The molecule has 0 unspecified atom stereocenters. The van der Waals surface area contributed by atoms with Crippen molar-refractivity contribution in [3.63, 3.8) is 0 Å². The number of amides is 1. The summed E-state index contributed by atoms with van der Waals surface area (Å²) in [4.78, 5) is 12.4. The van der Waals surface area contributed by atoms with Crippen LogP contribution in [0.25, 0.3) is 0 Å². The molecule has 1 rings (SSSR count). The minimum absolute atomic E-state index is 0.244. The molecule has 0 aromatic carbocycles. The molecule has 0 aliphatic carbocycles. The summed E-state index contributed by atoms with van der Waals surface area (Å²) in [7, 11) is 1.31. The monoisotopic (exact) mass is 267 g/mol. The molecule has 0 N–H and O–H groups in total. The van der Waals surface area contributed by atoms with Gasteiger partial charge in [0.1, 0.15) is 0 Å². The zero-order chi connectivity index (χ0) is 10.7. The van der Waals surface area contributed by atoms with E-state index in [1.54, 1.807) is 0 Å². The number of hydrogen-bond acceptors (Lipinski definition) is 2. The molecule has 6 heteroatoms. The smallest absolute Gasteiger partial charge is 0.258 e. The van der Waals surface area contributed by atoms with Gasteiger partial charge < -0.3 is 9.32 Å². The molecule has 1 aromatic rings. The summed E-state index contributed by atoms with van der Waals surface area (Å²) >= 11 is 3.00. The maximum absolute atomic E-state index is 12.0. The number of halogens is 3. The highest BCUT2D eigenvalue weighted by Crippen LogP contribution is 2.19. The van der Waals surface area contributed by atoms with Gasteiger partial charge in [0.25, 0.3) is 12.3 Å². The van der Waals surface area contributed by atoms with Gasteiger partial charge in [0.2, 0.25) is 0 Å². The summed E-state index contributed by atoms with van der Waals surface area (Å²) in [6.07, 6.45) is -1.22. The van der Waals surface area contributed by atoms with Crippen molar-refractivity contribution in [1.82, 2.24) is 4.90 Å². The van der Waals surface area contributed by atoms with Crippen LogP contribution >= 0.6 is 15.9 Å². The Hall–Kier alpha value is -0.910. The van der Waals surface area contributed by atoms with Crippen molar-refractivity contribution in [2.75, 3.05) is 13.6 Å². The Bertz CT molecular complexity index is 327. The highest BCUT2D eigenvalue weighted by molar-refractivity contribution is 9.10. The SMILES string of the molecule is CN(CC(F)F)C(=O)c1ccoc1Br. The molecule has 14 heavy (non-hydrogen) atoms. The molecule has 0 fully saturated rings. The van der Waals surface area contributed by atoms with E-state index < -0.39 is 18.9 Å². The number of hydrogen-bond donors (Lipinski definition) is 0. The van der Waals surface area contributed by atoms with Crippen LogP contribution < -0.4 is 0 Å². The number of furan rings is 1. The first-order chi connectivity index (χ1) is 6.52. The Morgan fingerprint density at radius 2 is 2.36 bits per heavy atom. The molecule has 0 bridgehead atoms. The van der Waals surface area contributed by atoms with Gasteiger partial charge in [-0.15, -0.1) is 0 Å². The third-order valence-corrected chi connectivity index (χ3v) is 2.22. The average Bonchev–Trinajstić information content (AvgIpc) is 2.48. The van der Waals surface area contributed by atoms with Crippen molar-refractivity contribution in [3.8, 4) is 0 Å². The van der Waals surface area contributed by atoms with Crippen LogP contribution in [0, 0.1) is 0 Å². The van der Waals surface area contributed by atoms with Gasteiger partial charge in [-0.05, 0) is 22.0 Å². The Balaban J connectivity index is 2.71. The number of carbonyl (C=O) groups excluding carboxylic acids is 1. The Kier molecular flexibility index (Phi) is 3.62. The fourth-order valence-corrected chi connectivity index (χ4v) is 1.35. The average molecular weight is 268 g/mol. The summed E-state index contributed by atoms with van der Waals surface area (Å²) in [5, 5.41) is 0. The van der Waals surface area contributed by atoms with Gasteiger partial charge in [-0.3, -0.25) is 4.79 Å². The molecular weight excluding hydrogens is 260 g/mol. The molecule has 1 amide bonds. The maximum Gasteiger partial charge on any atom is 0.258 e. The topological polar surface area (TPSA) is 33.5 Å². The molecule has 0 aliphatic rings. The first kappa shape index (κ1) is 11.2. The van der Waals surface area contributed by atoms with Crippen LogP contribution in [0.5, 0.6) is 0 Å². The highest BCUT2D eigenvalue weighted by atomic mass is 79.9. The van der Waals surface area contributed by atoms with Gasteiger partial charge in [-0.2, -0.15) is 0 Å². The van der Waals surface area contributed by atoms with Crippen LogP contribution in [-0.2, 0) is 0 Å². The molecule has 1 aromatic heterocycles. The Labute approximate surface area is 87.8 Å². The standard InChI is InChI=1S/C8H8BrF2NO2/c1-12(4-6(10)11)8(13)5-2-3-14-7(5)9/h2-3,6H,4H2,1H3. The lowest BCUT2D eigenvalue weighted by Gasteiger charge is -2.15. The first-order valence-corrected chi connectivity index (χ1v) is 4.58. The van der Waals surface area contributed by atoms with Crippen molar-refractivity contribution >= 4 is 21.8 Å². The summed E-state index contributed by atoms with van der Waals surface area (Å²) < 4.78 is 29.0. The van der Waals surface area contributed by atoms with E-state index in [0.29, 0.717) is 0 Å². The Morgan fingerprint density at radius 3 is 2.79 bits per heavy atom. The molecule has 0 spiro atoms. The van der Waals surface area contributed by atoms with Crippen LogP contribution in [-0.4, -0.2) is 30.8 Å². The van der Waals surface area contributed by atoms with Crippen molar-refractivity contribution in [1.29, 1.82) is 0 Å². The van der Waals surface area contributed by atoms with Gasteiger partial charge in [0, 0.05) is 7.05 Å². The van der Waals surface area contributed by atoms with Crippen molar-refractivity contribution in [2.24, 2.45) is 0 Å². The predicted molar refractivity (Wildman–Crippen MR) is 49.4 cm³/mol. The summed E-state index contributed by atoms with van der Waals surface area (Å²) in [5.74, 6) is -0.495. The van der Waals surface area contributed by atoms with Crippen LogP contribution in [0.2, 0.25) is 0 Å². The van der Waals surface area contributed by atoms with Crippen LogP contribution in [0.1, 0.15) is 10.4 Å². The zero-order valence-electron chi connectivity index (χ0n) is 7.34. The minimum Gasteiger partial charge on any atom is -0.457 e. The fourth-order valence-electron chi connectivity index (χ4n) is 0.942. The fraction of sp³-hybridized carbons (Fsp3) is 0.375. The van der Waals surface area contributed by atoms with Crippen molar-refractivity contribution < 1.29 is 18.0 Å². The van der Waals surface area contributed by atoms with E-state index in [9.17, 15) is 13.6 Å². The molecule has 0 saturated heterocycles. The second-order valence-electron chi connectivity index (χ2n) is 2.68. The first-order valence-electron chi connectivity index (χ1n) is 3.79. The van der Waals surface area contributed by atoms with Gasteiger partial charge >= 0.3 is 0 Å².